The van der Waals surface area contributed by atoms with Crippen LogP contribution in [0.3, 0.4) is 0 Å². The average molecular weight is 194 g/mol. The van der Waals surface area contributed by atoms with Gasteiger partial charge >= 0.3 is 0 Å². The zero-order chi connectivity index (χ0) is 9.10. The molecule has 13 heavy (non-hydrogen) atoms. The summed E-state index contributed by atoms with van der Waals surface area (Å²) in [5.41, 5.74) is 0. The van der Waals surface area contributed by atoms with Crippen molar-refractivity contribution in [3.8, 4) is 0 Å². The minimum absolute atomic E-state index is 0.324. The summed E-state index contributed by atoms with van der Waals surface area (Å²) in [4.78, 5) is 0. The second-order valence-corrected chi connectivity index (χ2v) is 2.82. The second-order valence-electron chi connectivity index (χ2n) is 2.58. The number of nitrogens with zero attached hydrogens (tertiary/aromatic N) is 3. The summed E-state index contributed by atoms with van der Waals surface area (Å²) < 4.78 is 1.65. The first kappa shape index (κ1) is 8.26. The number of rotatable bonds is 1. The van der Waals surface area contributed by atoms with Crippen LogP contribution < -0.4 is 10.7 Å². The molecule has 1 aliphatic rings. The molecule has 4 heteroatoms. The van der Waals surface area contributed by atoms with Crippen LogP contribution in [0.4, 0.5) is 0 Å². The smallest absolute Gasteiger partial charge is 0.117 e. The molecule has 1 aliphatic carbocycles. The van der Waals surface area contributed by atoms with Gasteiger partial charge in [-0.2, -0.15) is 0 Å². The zero-order valence-corrected chi connectivity index (χ0v) is 7.65. The van der Waals surface area contributed by atoms with Crippen molar-refractivity contribution in [3.63, 3.8) is 0 Å². The molecule has 3 nitrogen and oxygen atoms in total. The molecular formula is C9H8ClN3. The lowest BCUT2D eigenvalue weighted by molar-refractivity contribution is 0.679. The van der Waals surface area contributed by atoms with E-state index in [-0.39, 0.29) is 0 Å². The number of alkyl halides is 1. The van der Waals surface area contributed by atoms with E-state index >= 15 is 0 Å². The van der Waals surface area contributed by atoms with Crippen molar-refractivity contribution in [1.29, 1.82) is 0 Å². The summed E-state index contributed by atoms with van der Waals surface area (Å²) in [7, 11) is 0. The van der Waals surface area contributed by atoms with Crippen molar-refractivity contribution >= 4 is 23.8 Å². The lowest BCUT2D eigenvalue weighted by Crippen LogP contribution is -2.29. The van der Waals surface area contributed by atoms with E-state index in [1.54, 1.807) is 4.68 Å². The summed E-state index contributed by atoms with van der Waals surface area (Å²) >= 11 is 5.68. The van der Waals surface area contributed by atoms with Gasteiger partial charge in [0.05, 0.1) is 5.35 Å². The highest BCUT2D eigenvalue weighted by Gasteiger charge is 1.96. The Morgan fingerprint density at radius 1 is 1.15 bits per heavy atom. The standard InChI is InChI=1S/C9H8ClN3/c10-7-13-9-6-4-2-1-3-5-8(9)11-12-13/h1-6H,7H2/b2-1?,3-1-,4-2-,5-3?,6-4?,8-5+,9-6+. The highest BCUT2D eigenvalue weighted by molar-refractivity contribution is 6.15. The van der Waals surface area contributed by atoms with Gasteiger partial charge in [-0.25, -0.2) is 4.68 Å². The summed E-state index contributed by atoms with van der Waals surface area (Å²) in [6.45, 7) is 0. The molecule has 1 heterocycles. The molecule has 1 aromatic heterocycles. The highest BCUT2D eigenvalue weighted by atomic mass is 35.5. The normalized spacial score (nSPS) is 24.1. The predicted molar refractivity (Wildman–Crippen MR) is 52.3 cm³/mol. The quantitative estimate of drug-likeness (QED) is 0.595. The lowest BCUT2D eigenvalue weighted by atomic mass is 10.3. The molecule has 0 amide bonds. The summed E-state index contributed by atoms with van der Waals surface area (Å²) in [5, 5.41) is 9.68. The number of allylic oxidation sites excluding steroid dienone is 4. The molecule has 2 rings (SSSR count). The average Bonchev–Trinajstić information content (AvgIpc) is 2.46. The maximum absolute atomic E-state index is 5.68. The van der Waals surface area contributed by atoms with Gasteiger partial charge in [-0.3, -0.25) is 0 Å². The molecule has 0 bridgehead atoms. The largest absolute Gasteiger partial charge is 0.230 e. The fraction of sp³-hybridized carbons (Fsp3) is 0.111. The lowest BCUT2D eigenvalue weighted by Gasteiger charge is -1.89. The Morgan fingerprint density at radius 2 is 1.92 bits per heavy atom. The fourth-order valence-electron chi connectivity index (χ4n) is 1.13. The number of hydrogen-bond acceptors (Lipinski definition) is 2. The van der Waals surface area contributed by atoms with Crippen LogP contribution in [0, 0.1) is 0 Å². The molecule has 0 aliphatic heterocycles. The molecule has 0 saturated heterocycles. The van der Waals surface area contributed by atoms with E-state index < -0.39 is 0 Å². The molecule has 0 unspecified atom stereocenters. The van der Waals surface area contributed by atoms with Gasteiger partial charge in [-0.05, 0) is 12.2 Å². The van der Waals surface area contributed by atoms with E-state index in [2.05, 4.69) is 10.3 Å². The Labute approximate surface area is 80.3 Å². The zero-order valence-electron chi connectivity index (χ0n) is 6.89. The third kappa shape index (κ3) is 1.55. The topological polar surface area (TPSA) is 30.7 Å². The van der Waals surface area contributed by atoms with E-state index in [1.807, 2.05) is 36.5 Å². The van der Waals surface area contributed by atoms with Crippen LogP contribution in [0.2, 0.25) is 0 Å². The monoisotopic (exact) mass is 193 g/mol. The Balaban J connectivity index is 2.74. The van der Waals surface area contributed by atoms with Crippen LogP contribution in [-0.2, 0) is 6.00 Å². The molecule has 0 N–H and O–H groups in total. The Kier molecular flexibility index (Phi) is 2.27. The number of halogens is 1. The van der Waals surface area contributed by atoms with Crippen LogP contribution >= 0.6 is 11.6 Å². The van der Waals surface area contributed by atoms with Crippen LogP contribution in [0.25, 0.3) is 12.2 Å². The Morgan fingerprint density at radius 3 is 2.69 bits per heavy atom. The van der Waals surface area contributed by atoms with Gasteiger partial charge in [0, 0.05) is 0 Å². The fourth-order valence-corrected chi connectivity index (χ4v) is 1.31. The SMILES string of the molecule is ClCn1nnc2/c1=C\C=C/C=C\C=2. The third-order valence-corrected chi connectivity index (χ3v) is 1.98. The van der Waals surface area contributed by atoms with E-state index in [1.165, 1.54) is 0 Å². The van der Waals surface area contributed by atoms with Crippen LogP contribution in [-0.4, -0.2) is 15.0 Å². The van der Waals surface area contributed by atoms with Gasteiger partial charge in [-0.1, -0.05) is 29.5 Å². The van der Waals surface area contributed by atoms with E-state index in [0.717, 1.165) is 10.7 Å². The molecule has 0 fully saturated rings. The molecule has 0 spiro atoms. The van der Waals surface area contributed by atoms with Gasteiger partial charge in [0.15, 0.2) is 0 Å². The molecular weight excluding hydrogens is 186 g/mol. The molecule has 0 atom stereocenters. The van der Waals surface area contributed by atoms with Crippen molar-refractivity contribution in [2.75, 3.05) is 0 Å². The van der Waals surface area contributed by atoms with Crippen molar-refractivity contribution in [2.24, 2.45) is 0 Å². The van der Waals surface area contributed by atoms with Crippen molar-refractivity contribution in [1.82, 2.24) is 15.0 Å². The Hall–Kier alpha value is -1.35. The van der Waals surface area contributed by atoms with Crippen molar-refractivity contribution in [3.05, 3.63) is 35.0 Å². The number of fused-ring (bicyclic) bond motifs is 1. The molecule has 0 aromatic carbocycles. The molecule has 1 aromatic rings. The summed E-state index contributed by atoms with van der Waals surface area (Å²) in [6, 6.07) is 0.324. The van der Waals surface area contributed by atoms with Gasteiger partial charge in [0.25, 0.3) is 0 Å². The third-order valence-electron chi connectivity index (χ3n) is 1.76. The van der Waals surface area contributed by atoms with E-state index in [0.29, 0.717) is 6.00 Å². The maximum Gasteiger partial charge on any atom is 0.117 e. The van der Waals surface area contributed by atoms with Gasteiger partial charge in [0.2, 0.25) is 0 Å². The summed E-state index contributed by atoms with van der Waals surface area (Å²) in [6.07, 6.45) is 11.6. The maximum atomic E-state index is 5.68. The minimum Gasteiger partial charge on any atom is -0.230 e. The van der Waals surface area contributed by atoms with Gasteiger partial charge < -0.3 is 0 Å². The molecule has 66 valence electrons. The van der Waals surface area contributed by atoms with Gasteiger partial charge in [-0.15, -0.1) is 16.7 Å². The van der Waals surface area contributed by atoms with E-state index in [4.69, 9.17) is 11.6 Å². The van der Waals surface area contributed by atoms with Crippen molar-refractivity contribution < 1.29 is 0 Å². The first-order valence-electron chi connectivity index (χ1n) is 3.92. The molecule has 0 saturated carbocycles. The first-order chi connectivity index (χ1) is 6.42. The number of hydrogen-bond donors (Lipinski definition) is 0. The molecule has 0 radical (unpaired) electrons. The Bertz CT molecular complexity index is 468. The van der Waals surface area contributed by atoms with E-state index in [9.17, 15) is 0 Å². The van der Waals surface area contributed by atoms with Crippen molar-refractivity contribution in [2.45, 2.75) is 6.00 Å². The number of aromatic nitrogens is 3. The predicted octanol–water partition coefficient (Wildman–Crippen LogP) is 0.161. The summed E-state index contributed by atoms with van der Waals surface area (Å²) in [5.74, 6) is 0. The van der Waals surface area contributed by atoms with Gasteiger partial charge in [0.1, 0.15) is 11.4 Å². The van der Waals surface area contributed by atoms with Crippen LogP contribution in [0.15, 0.2) is 24.3 Å². The van der Waals surface area contributed by atoms with Crippen LogP contribution in [0.1, 0.15) is 0 Å². The van der Waals surface area contributed by atoms with Crippen LogP contribution in [0.5, 0.6) is 0 Å². The first-order valence-corrected chi connectivity index (χ1v) is 4.46. The highest BCUT2D eigenvalue weighted by Crippen LogP contribution is 1.83. The second kappa shape index (κ2) is 3.58. The minimum atomic E-state index is 0.324.